The smallest absolute Gasteiger partial charge is 0.349 e. The minimum atomic E-state index is -4.40. The van der Waals surface area contributed by atoms with Gasteiger partial charge < -0.3 is 19.8 Å². The van der Waals surface area contributed by atoms with Gasteiger partial charge in [0.05, 0.1) is 6.61 Å². The predicted octanol–water partition coefficient (Wildman–Crippen LogP) is -0.958. The van der Waals surface area contributed by atoms with Gasteiger partial charge in [-0.3, -0.25) is 4.52 Å². The van der Waals surface area contributed by atoms with Crippen LogP contribution in [0.15, 0.2) is 0 Å². The van der Waals surface area contributed by atoms with E-state index in [4.69, 9.17) is 14.5 Å². The van der Waals surface area contributed by atoms with Gasteiger partial charge in [-0.05, 0) is 0 Å². The summed E-state index contributed by atoms with van der Waals surface area (Å²) in [6, 6.07) is 0. The molecule has 1 heterocycles. The number of morpholine rings is 1. The first-order valence-corrected chi connectivity index (χ1v) is 4.67. The molecule has 0 saturated carbocycles. The van der Waals surface area contributed by atoms with Crippen molar-refractivity contribution in [2.75, 3.05) is 19.7 Å². The van der Waals surface area contributed by atoms with Crippen LogP contribution in [0.4, 0.5) is 0 Å². The molecule has 1 unspecified atom stereocenters. The fourth-order valence-corrected chi connectivity index (χ4v) is 1.20. The number of phosphoric acid groups is 1. The normalized spacial score (nSPS) is 26.9. The molecular weight excluding hydrogens is 173 g/mol. The minimum Gasteiger partial charge on any atom is -0.349 e. The Morgan fingerprint density at radius 2 is 2.36 bits per heavy atom. The Morgan fingerprint density at radius 1 is 1.64 bits per heavy atom. The van der Waals surface area contributed by atoms with Crippen molar-refractivity contribution in [2.24, 2.45) is 0 Å². The highest BCUT2D eigenvalue weighted by atomic mass is 31.2. The Balaban J connectivity index is 2.30. The molecule has 0 aromatic heterocycles. The molecule has 3 N–H and O–H groups in total. The van der Waals surface area contributed by atoms with Crippen molar-refractivity contribution in [3.8, 4) is 0 Å². The molecule has 0 amide bonds. The quantitative estimate of drug-likeness (QED) is 0.478. The van der Waals surface area contributed by atoms with E-state index in [0.717, 1.165) is 0 Å². The Morgan fingerprint density at radius 3 is 2.82 bits per heavy atom. The summed E-state index contributed by atoms with van der Waals surface area (Å²) in [6.07, 6.45) is -0.829. The molecule has 0 radical (unpaired) electrons. The van der Waals surface area contributed by atoms with E-state index in [-0.39, 0.29) is 0 Å². The highest BCUT2D eigenvalue weighted by Gasteiger charge is 2.23. The largest absolute Gasteiger partial charge is 0.471 e. The number of rotatable bonds is 2. The third-order valence-electron chi connectivity index (χ3n) is 1.15. The second-order valence-electron chi connectivity index (χ2n) is 2.10. The van der Waals surface area contributed by atoms with Crippen molar-refractivity contribution in [3.63, 3.8) is 0 Å². The lowest BCUT2D eigenvalue weighted by atomic mass is 10.5. The molecule has 0 aromatic carbocycles. The van der Waals surface area contributed by atoms with Gasteiger partial charge in [0, 0.05) is 13.1 Å². The molecular formula is C4H10NO5P. The van der Waals surface area contributed by atoms with E-state index in [2.05, 4.69) is 9.84 Å². The van der Waals surface area contributed by atoms with Crippen molar-refractivity contribution < 1.29 is 23.6 Å². The summed E-state index contributed by atoms with van der Waals surface area (Å²) in [5.74, 6) is 0. The maximum Gasteiger partial charge on any atom is 0.471 e. The van der Waals surface area contributed by atoms with Crippen LogP contribution in [0.25, 0.3) is 0 Å². The zero-order valence-corrected chi connectivity index (χ0v) is 6.66. The number of phosphoric ester groups is 1. The van der Waals surface area contributed by atoms with Crippen LogP contribution in [0, 0.1) is 0 Å². The number of hydrogen-bond donors (Lipinski definition) is 3. The van der Waals surface area contributed by atoms with Crippen LogP contribution in [0.2, 0.25) is 0 Å². The van der Waals surface area contributed by atoms with Crippen LogP contribution in [0.5, 0.6) is 0 Å². The van der Waals surface area contributed by atoms with Gasteiger partial charge in [-0.2, -0.15) is 0 Å². The van der Waals surface area contributed by atoms with Crippen LogP contribution in [-0.2, 0) is 13.8 Å². The average Bonchev–Trinajstić information content (AvgIpc) is 1.85. The van der Waals surface area contributed by atoms with Crippen LogP contribution in [-0.4, -0.2) is 35.8 Å². The first-order chi connectivity index (χ1) is 5.08. The van der Waals surface area contributed by atoms with Crippen LogP contribution >= 0.6 is 7.82 Å². The van der Waals surface area contributed by atoms with Gasteiger partial charge in [0.2, 0.25) is 0 Å². The Bertz CT molecular complexity index is 162. The standard InChI is InChI=1S/C4H10NO5P/c6-11(7,8)10-4-3-5-1-2-9-4/h4-5H,1-3H2,(H2,6,7,8). The highest BCUT2D eigenvalue weighted by Crippen LogP contribution is 2.37. The lowest BCUT2D eigenvalue weighted by Gasteiger charge is -2.23. The fourth-order valence-electron chi connectivity index (χ4n) is 0.762. The molecule has 6 nitrogen and oxygen atoms in total. The Kier molecular flexibility index (Phi) is 3.00. The SMILES string of the molecule is O=P(O)(O)OC1CNCCO1. The summed E-state index contributed by atoms with van der Waals surface area (Å²) >= 11 is 0. The molecule has 0 bridgehead atoms. The molecule has 1 rings (SSSR count). The van der Waals surface area contributed by atoms with Crippen LogP contribution in [0.1, 0.15) is 0 Å². The van der Waals surface area contributed by atoms with E-state index in [1.807, 2.05) is 0 Å². The summed E-state index contributed by atoms with van der Waals surface area (Å²) < 4.78 is 19.4. The first-order valence-electron chi connectivity index (χ1n) is 3.14. The van der Waals surface area contributed by atoms with Gasteiger partial charge in [-0.25, -0.2) is 4.57 Å². The second-order valence-corrected chi connectivity index (χ2v) is 3.29. The van der Waals surface area contributed by atoms with Crippen molar-refractivity contribution in [3.05, 3.63) is 0 Å². The maximum absolute atomic E-state index is 10.3. The second kappa shape index (κ2) is 3.62. The first kappa shape index (κ1) is 9.12. The fraction of sp³-hybridized carbons (Fsp3) is 1.00. The number of nitrogens with one attached hydrogen (secondary N) is 1. The van der Waals surface area contributed by atoms with Gasteiger partial charge in [-0.15, -0.1) is 0 Å². The van der Waals surface area contributed by atoms with Crippen molar-refractivity contribution in [1.82, 2.24) is 5.32 Å². The monoisotopic (exact) mass is 183 g/mol. The highest BCUT2D eigenvalue weighted by molar-refractivity contribution is 7.46. The Hall–Kier alpha value is 0.0300. The topological polar surface area (TPSA) is 88.0 Å². The van der Waals surface area contributed by atoms with Gasteiger partial charge in [0.15, 0.2) is 6.29 Å². The molecule has 7 heteroatoms. The molecule has 0 spiro atoms. The van der Waals surface area contributed by atoms with Crippen molar-refractivity contribution in [1.29, 1.82) is 0 Å². The molecule has 0 aromatic rings. The maximum atomic E-state index is 10.3. The van der Waals surface area contributed by atoms with Crippen LogP contribution < -0.4 is 5.32 Å². The molecule has 1 aliphatic rings. The molecule has 0 aliphatic carbocycles. The van der Waals surface area contributed by atoms with Crippen molar-refractivity contribution in [2.45, 2.75) is 6.29 Å². The van der Waals surface area contributed by atoms with E-state index in [1.165, 1.54) is 0 Å². The molecule has 1 saturated heterocycles. The summed E-state index contributed by atoms with van der Waals surface area (Å²) in [5.41, 5.74) is 0. The lowest BCUT2D eigenvalue weighted by molar-refractivity contribution is -0.106. The summed E-state index contributed by atoms with van der Waals surface area (Å²) in [6.45, 7) is 1.40. The van der Waals surface area contributed by atoms with E-state index in [0.29, 0.717) is 19.7 Å². The van der Waals surface area contributed by atoms with E-state index < -0.39 is 14.1 Å². The van der Waals surface area contributed by atoms with Crippen LogP contribution in [0.3, 0.4) is 0 Å². The third kappa shape index (κ3) is 3.81. The summed E-state index contributed by atoms with van der Waals surface area (Å²) in [4.78, 5) is 16.7. The third-order valence-corrected chi connectivity index (χ3v) is 1.66. The minimum absolute atomic E-state index is 0.311. The van der Waals surface area contributed by atoms with E-state index in [1.54, 1.807) is 0 Å². The molecule has 66 valence electrons. The molecule has 1 aliphatic heterocycles. The van der Waals surface area contributed by atoms with Gasteiger partial charge >= 0.3 is 7.82 Å². The summed E-state index contributed by atoms with van der Waals surface area (Å²) in [5, 5.41) is 2.86. The van der Waals surface area contributed by atoms with Gasteiger partial charge in [-0.1, -0.05) is 0 Å². The van der Waals surface area contributed by atoms with E-state index >= 15 is 0 Å². The average molecular weight is 183 g/mol. The van der Waals surface area contributed by atoms with E-state index in [9.17, 15) is 4.57 Å². The molecule has 1 atom stereocenters. The Labute approximate surface area is 63.7 Å². The molecule has 11 heavy (non-hydrogen) atoms. The van der Waals surface area contributed by atoms with Gasteiger partial charge in [0.25, 0.3) is 0 Å². The predicted molar refractivity (Wildman–Crippen MR) is 35.7 cm³/mol. The zero-order chi connectivity index (χ0) is 8.32. The zero-order valence-electron chi connectivity index (χ0n) is 5.77. The van der Waals surface area contributed by atoms with Crippen molar-refractivity contribution >= 4 is 7.82 Å². The van der Waals surface area contributed by atoms with Gasteiger partial charge in [0.1, 0.15) is 0 Å². The summed E-state index contributed by atoms with van der Waals surface area (Å²) in [7, 11) is -4.40. The number of hydrogen-bond acceptors (Lipinski definition) is 4. The molecule has 1 fully saturated rings. The number of ether oxygens (including phenoxy) is 1. The lowest BCUT2D eigenvalue weighted by Crippen LogP contribution is -2.39.